The molecule has 0 aliphatic rings. The Hall–Kier alpha value is -1.65. The zero-order valence-electron chi connectivity index (χ0n) is 9.08. The summed E-state index contributed by atoms with van der Waals surface area (Å²) in [6, 6.07) is 0. The summed E-state index contributed by atoms with van der Waals surface area (Å²) < 4.78 is 0. The number of hydrogen-bond acceptors (Lipinski definition) is 4. The molecule has 1 rings (SSSR count). The first-order valence-electron chi connectivity index (χ1n) is 4.92. The number of primary amides is 1. The van der Waals surface area contributed by atoms with Gasteiger partial charge in [-0.3, -0.25) is 9.78 Å². The van der Waals surface area contributed by atoms with E-state index in [1.54, 1.807) is 6.20 Å². The Morgan fingerprint density at radius 2 is 2.27 bits per heavy atom. The van der Waals surface area contributed by atoms with Crippen LogP contribution in [0.25, 0.3) is 0 Å². The highest BCUT2D eigenvalue weighted by atomic mass is 16.1. The third-order valence-corrected chi connectivity index (χ3v) is 1.97. The largest absolute Gasteiger partial charge is 0.370 e. The zero-order valence-corrected chi connectivity index (χ0v) is 9.08. The minimum absolute atomic E-state index is 0.274. The number of nitrogens with one attached hydrogen (secondary N) is 1. The molecule has 0 aromatic carbocycles. The van der Waals surface area contributed by atoms with Crippen LogP contribution in [0.1, 0.15) is 24.2 Å². The number of hydrogen-bond donors (Lipinski definition) is 2. The number of nitrogens with two attached hydrogens (primary N) is 1. The van der Waals surface area contributed by atoms with Gasteiger partial charge in [0.15, 0.2) is 0 Å². The number of nitrogens with zero attached hydrogens (tertiary/aromatic N) is 2. The minimum Gasteiger partial charge on any atom is -0.370 e. The van der Waals surface area contributed by atoms with E-state index in [-0.39, 0.29) is 5.91 Å². The van der Waals surface area contributed by atoms with E-state index >= 15 is 0 Å². The maximum Gasteiger partial charge on any atom is 0.217 e. The van der Waals surface area contributed by atoms with Gasteiger partial charge in [-0.1, -0.05) is 0 Å². The fourth-order valence-corrected chi connectivity index (χ4v) is 1.17. The van der Waals surface area contributed by atoms with Crippen LogP contribution in [0.5, 0.6) is 0 Å². The summed E-state index contributed by atoms with van der Waals surface area (Å²) in [5.41, 5.74) is 6.77. The summed E-state index contributed by atoms with van der Waals surface area (Å²) in [4.78, 5) is 19.0. The molecule has 0 radical (unpaired) electrons. The molecule has 5 heteroatoms. The quantitative estimate of drug-likeness (QED) is 0.700. The van der Waals surface area contributed by atoms with E-state index in [0.29, 0.717) is 19.4 Å². The Kier molecular flexibility index (Phi) is 4.03. The summed E-state index contributed by atoms with van der Waals surface area (Å²) in [5, 5.41) is 3.13. The van der Waals surface area contributed by atoms with Gasteiger partial charge >= 0.3 is 0 Å². The molecule has 5 nitrogen and oxygen atoms in total. The van der Waals surface area contributed by atoms with Crippen molar-refractivity contribution in [3.63, 3.8) is 0 Å². The van der Waals surface area contributed by atoms with Gasteiger partial charge < -0.3 is 11.1 Å². The van der Waals surface area contributed by atoms with Gasteiger partial charge in [0.05, 0.1) is 11.4 Å². The van der Waals surface area contributed by atoms with E-state index in [1.807, 2.05) is 13.8 Å². The van der Waals surface area contributed by atoms with Crippen molar-refractivity contribution >= 4 is 11.7 Å². The van der Waals surface area contributed by atoms with Gasteiger partial charge in [0.1, 0.15) is 5.82 Å². The molecule has 1 heterocycles. The Labute approximate surface area is 89.1 Å². The van der Waals surface area contributed by atoms with Crippen LogP contribution in [0.4, 0.5) is 5.82 Å². The second-order valence-electron chi connectivity index (χ2n) is 3.44. The number of anilines is 1. The number of aromatic nitrogens is 2. The van der Waals surface area contributed by atoms with Crippen molar-refractivity contribution in [2.24, 2.45) is 5.73 Å². The van der Waals surface area contributed by atoms with Crippen LogP contribution in [0, 0.1) is 13.8 Å². The highest BCUT2D eigenvalue weighted by Crippen LogP contribution is 2.08. The van der Waals surface area contributed by atoms with Gasteiger partial charge in [0.2, 0.25) is 5.91 Å². The average molecular weight is 208 g/mol. The zero-order chi connectivity index (χ0) is 11.3. The molecule has 0 saturated heterocycles. The highest BCUT2D eigenvalue weighted by Gasteiger charge is 2.01. The third kappa shape index (κ3) is 3.93. The van der Waals surface area contributed by atoms with Gasteiger partial charge in [0.25, 0.3) is 0 Å². The van der Waals surface area contributed by atoms with E-state index < -0.39 is 0 Å². The number of aryl methyl sites for hydroxylation is 2. The lowest BCUT2D eigenvalue weighted by atomic mass is 10.3. The molecule has 0 aliphatic carbocycles. The molecular formula is C10H16N4O. The second-order valence-corrected chi connectivity index (χ2v) is 3.44. The van der Waals surface area contributed by atoms with Crippen molar-refractivity contribution < 1.29 is 4.79 Å². The molecule has 0 fully saturated rings. The van der Waals surface area contributed by atoms with Gasteiger partial charge in [-0.2, -0.15) is 0 Å². The molecule has 0 unspecified atom stereocenters. The summed E-state index contributed by atoms with van der Waals surface area (Å²) in [6.45, 7) is 4.46. The molecule has 3 N–H and O–H groups in total. The van der Waals surface area contributed by atoms with Crippen LogP contribution >= 0.6 is 0 Å². The van der Waals surface area contributed by atoms with Crippen LogP contribution in [-0.4, -0.2) is 22.4 Å². The molecule has 1 aromatic rings. The maximum atomic E-state index is 10.5. The first-order chi connectivity index (χ1) is 7.09. The molecule has 15 heavy (non-hydrogen) atoms. The van der Waals surface area contributed by atoms with Gasteiger partial charge in [-0.15, -0.1) is 0 Å². The average Bonchev–Trinajstić information content (AvgIpc) is 2.17. The molecule has 0 atom stereocenters. The summed E-state index contributed by atoms with van der Waals surface area (Å²) in [5.74, 6) is 0.503. The Bertz CT molecular complexity index is 351. The SMILES string of the molecule is Cc1cnc(C)c(NCCCC(N)=O)n1. The normalized spacial score (nSPS) is 10.0. The molecule has 1 amide bonds. The van der Waals surface area contributed by atoms with E-state index in [2.05, 4.69) is 15.3 Å². The lowest BCUT2D eigenvalue weighted by molar-refractivity contribution is -0.118. The standard InChI is InChI=1S/C10H16N4O/c1-7-6-13-8(2)10(14-7)12-5-3-4-9(11)15/h6H,3-5H2,1-2H3,(H2,11,15)(H,12,14). The van der Waals surface area contributed by atoms with Gasteiger partial charge in [-0.05, 0) is 20.3 Å². The number of carbonyl (C=O) groups excluding carboxylic acids is 1. The van der Waals surface area contributed by atoms with Gasteiger partial charge in [-0.25, -0.2) is 4.98 Å². The summed E-state index contributed by atoms with van der Waals surface area (Å²) in [7, 11) is 0. The van der Waals surface area contributed by atoms with Crippen molar-refractivity contribution in [2.75, 3.05) is 11.9 Å². The van der Waals surface area contributed by atoms with E-state index in [1.165, 1.54) is 0 Å². The highest BCUT2D eigenvalue weighted by molar-refractivity contribution is 5.73. The topological polar surface area (TPSA) is 80.9 Å². The molecule has 0 spiro atoms. The van der Waals surface area contributed by atoms with Crippen molar-refractivity contribution in [3.05, 3.63) is 17.6 Å². The van der Waals surface area contributed by atoms with E-state index in [4.69, 9.17) is 5.73 Å². The Morgan fingerprint density at radius 3 is 2.93 bits per heavy atom. The first-order valence-corrected chi connectivity index (χ1v) is 4.92. The monoisotopic (exact) mass is 208 g/mol. The molecule has 82 valence electrons. The van der Waals surface area contributed by atoms with Crippen LogP contribution in [0.2, 0.25) is 0 Å². The predicted molar refractivity (Wildman–Crippen MR) is 58.4 cm³/mol. The van der Waals surface area contributed by atoms with Crippen LogP contribution in [-0.2, 0) is 4.79 Å². The van der Waals surface area contributed by atoms with Crippen molar-refractivity contribution in [3.8, 4) is 0 Å². The maximum absolute atomic E-state index is 10.5. The van der Waals surface area contributed by atoms with E-state index in [0.717, 1.165) is 17.2 Å². The fourth-order valence-electron chi connectivity index (χ4n) is 1.17. The summed E-state index contributed by atoms with van der Waals surface area (Å²) >= 11 is 0. The number of carbonyl (C=O) groups is 1. The lowest BCUT2D eigenvalue weighted by Crippen LogP contribution is -2.13. The van der Waals surface area contributed by atoms with Crippen molar-refractivity contribution in [1.82, 2.24) is 9.97 Å². The third-order valence-electron chi connectivity index (χ3n) is 1.97. The van der Waals surface area contributed by atoms with Crippen LogP contribution < -0.4 is 11.1 Å². The first kappa shape index (κ1) is 11.4. The predicted octanol–water partition coefficient (Wildman–Crippen LogP) is 0.771. The fraction of sp³-hybridized carbons (Fsp3) is 0.500. The molecular weight excluding hydrogens is 192 g/mol. The minimum atomic E-state index is -0.274. The smallest absolute Gasteiger partial charge is 0.217 e. The molecule has 0 aliphatic heterocycles. The Morgan fingerprint density at radius 1 is 1.53 bits per heavy atom. The van der Waals surface area contributed by atoms with Crippen LogP contribution in [0.15, 0.2) is 6.20 Å². The van der Waals surface area contributed by atoms with Crippen molar-refractivity contribution in [1.29, 1.82) is 0 Å². The molecule has 1 aromatic heterocycles. The van der Waals surface area contributed by atoms with Gasteiger partial charge in [0, 0.05) is 19.2 Å². The number of amides is 1. The van der Waals surface area contributed by atoms with Crippen LogP contribution in [0.3, 0.4) is 0 Å². The lowest BCUT2D eigenvalue weighted by Gasteiger charge is -2.07. The second kappa shape index (κ2) is 5.29. The van der Waals surface area contributed by atoms with E-state index in [9.17, 15) is 4.79 Å². The Balaban J connectivity index is 2.43. The number of rotatable bonds is 5. The van der Waals surface area contributed by atoms with Crippen molar-refractivity contribution in [2.45, 2.75) is 26.7 Å². The molecule has 0 saturated carbocycles. The summed E-state index contributed by atoms with van der Waals surface area (Å²) in [6.07, 6.45) is 2.83. The molecule has 0 bridgehead atoms.